The van der Waals surface area contributed by atoms with Crippen LogP contribution in [0.25, 0.3) is 0 Å². The molecule has 1 atom stereocenters. The predicted octanol–water partition coefficient (Wildman–Crippen LogP) is 3.47. The maximum Gasteiger partial charge on any atom is 0.231 e. The Hall–Kier alpha value is -3.00. The highest BCUT2D eigenvalue weighted by Gasteiger charge is 2.23. The van der Waals surface area contributed by atoms with Gasteiger partial charge in [-0.1, -0.05) is 24.3 Å². The molecule has 0 saturated carbocycles. The monoisotopic (exact) mass is 322 g/mol. The number of fused-ring (bicyclic) bond motifs is 1. The van der Waals surface area contributed by atoms with Gasteiger partial charge in [0.1, 0.15) is 0 Å². The fraction of sp³-hybridized carbons (Fsp3) is 0.263. The molecule has 1 heterocycles. The largest absolute Gasteiger partial charge is 0.454 e. The van der Waals surface area contributed by atoms with E-state index in [1.165, 1.54) is 0 Å². The van der Waals surface area contributed by atoms with Crippen molar-refractivity contribution in [1.29, 1.82) is 5.26 Å². The van der Waals surface area contributed by atoms with Crippen molar-refractivity contribution < 1.29 is 14.3 Å². The Bertz CT molecular complexity index is 768. The Morgan fingerprint density at radius 3 is 2.67 bits per heavy atom. The van der Waals surface area contributed by atoms with E-state index >= 15 is 0 Å². The summed E-state index contributed by atoms with van der Waals surface area (Å²) < 4.78 is 10.6. The Labute approximate surface area is 141 Å². The van der Waals surface area contributed by atoms with Gasteiger partial charge in [0, 0.05) is 18.7 Å². The second kappa shape index (κ2) is 7.05. The van der Waals surface area contributed by atoms with Gasteiger partial charge in [-0.25, -0.2) is 0 Å². The summed E-state index contributed by atoms with van der Waals surface area (Å²) in [7, 11) is 0. The lowest BCUT2D eigenvalue weighted by molar-refractivity contribution is -0.118. The molecule has 1 aliphatic rings. The van der Waals surface area contributed by atoms with E-state index in [1.54, 1.807) is 17.0 Å². The van der Waals surface area contributed by atoms with Gasteiger partial charge in [-0.3, -0.25) is 4.79 Å². The molecule has 2 aromatic rings. The van der Waals surface area contributed by atoms with Crippen LogP contribution in [0.5, 0.6) is 11.5 Å². The Morgan fingerprint density at radius 2 is 1.96 bits per heavy atom. The molecule has 122 valence electrons. The number of hydrogen-bond donors (Lipinski definition) is 0. The minimum absolute atomic E-state index is 0.0760. The van der Waals surface area contributed by atoms with Crippen molar-refractivity contribution >= 4 is 11.6 Å². The van der Waals surface area contributed by atoms with Crippen molar-refractivity contribution in [3.63, 3.8) is 0 Å². The lowest BCUT2D eigenvalue weighted by Crippen LogP contribution is -2.31. The number of carbonyl (C=O) groups is 1. The first-order chi connectivity index (χ1) is 11.7. The molecule has 1 aliphatic heterocycles. The zero-order chi connectivity index (χ0) is 16.9. The number of hydrogen-bond acceptors (Lipinski definition) is 4. The third kappa shape index (κ3) is 3.18. The number of nitriles is 1. The molecule has 0 fully saturated rings. The number of para-hydroxylation sites is 1. The van der Waals surface area contributed by atoms with E-state index in [9.17, 15) is 10.1 Å². The Balaban J connectivity index is 1.77. The second-order valence-electron chi connectivity index (χ2n) is 5.47. The highest BCUT2D eigenvalue weighted by molar-refractivity contribution is 5.94. The van der Waals surface area contributed by atoms with Gasteiger partial charge in [-0.2, -0.15) is 5.26 Å². The smallest absolute Gasteiger partial charge is 0.231 e. The first kappa shape index (κ1) is 15.9. The number of ether oxygens (including phenoxy) is 2. The van der Waals surface area contributed by atoms with Crippen molar-refractivity contribution in [2.75, 3.05) is 18.2 Å². The standard InChI is InChI=1S/C19H18N2O3/c1-2-21(16-6-4-3-5-7-16)19(22)11-15(12-20)14-8-9-17-18(10-14)24-13-23-17/h3-10,15H,2,11,13H2,1H3. The number of carbonyl (C=O) groups excluding carboxylic acids is 1. The average molecular weight is 322 g/mol. The van der Waals surface area contributed by atoms with Gasteiger partial charge < -0.3 is 14.4 Å². The summed E-state index contributed by atoms with van der Waals surface area (Å²) in [6.45, 7) is 2.67. The number of nitrogens with zero attached hydrogens (tertiary/aromatic N) is 2. The zero-order valence-electron chi connectivity index (χ0n) is 13.4. The third-order valence-electron chi connectivity index (χ3n) is 4.02. The van der Waals surface area contributed by atoms with Crippen LogP contribution in [-0.4, -0.2) is 19.2 Å². The summed E-state index contributed by atoms with van der Waals surface area (Å²) in [5.41, 5.74) is 1.60. The molecule has 5 nitrogen and oxygen atoms in total. The van der Waals surface area contributed by atoms with Gasteiger partial charge in [-0.15, -0.1) is 0 Å². The van der Waals surface area contributed by atoms with Crippen LogP contribution in [-0.2, 0) is 4.79 Å². The minimum Gasteiger partial charge on any atom is -0.454 e. The van der Waals surface area contributed by atoms with E-state index in [2.05, 4.69) is 6.07 Å². The number of benzene rings is 2. The lowest BCUT2D eigenvalue weighted by Gasteiger charge is -2.22. The predicted molar refractivity (Wildman–Crippen MR) is 90.0 cm³/mol. The van der Waals surface area contributed by atoms with Crippen LogP contribution >= 0.6 is 0 Å². The van der Waals surface area contributed by atoms with Crippen LogP contribution in [0.2, 0.25) is 0 Å². The summed E-state index contributed by atoms with van der Waals surface area (Å²) in [4.78, 5) is 14.4. The van der Waals surface area contributed by atoms with Crippen LogP contribution in [0, 0.1) is 11.3 Å². The van der Waals surface area contributed by atoms with E-state index in [-0.39, 0.29) is 19.1 Å². The van der Waals surface area contributed by atoms with E-state index < -0.39 is 5.92 Å². The topological polar surface area (TPSA) is 62.6 Å². The van der Waals surface area contributed by atoms with E-state index in [4.69, 9.17) is 9.47 Å². The van der Waals surface area contributed by atoms with E-state index in [1.807, 2.05) is 43.3 Å². The van der Waals surface area contributed by atoms with Crippen LogP contribution < -0.4 is 14.4 Å². The molecule has 0 radical (unpaired) electrons. The van der Waals surface area contributed by atoms with Crippen LogP contribution in [0.1, 0.15) is 24.8 Å². The lowest BCUT2D eigenvalue weighted by atomic mass is 9.96. The molecule has 3 rings (SSSR count). The fourth-order valence-electron chi connectivity index (χ4n) is 2.76. The molecule has 0 aliphatic carbocycles. The van der Waals surface area contributed by atoms with Crippen molar-refractivity contribution in [2.45, 2.75) is 19.3 Å². The van der Waals surface area contributed by atoms with Gasteiger partial charge in [0.2, 0.25) is 12.7 Å². The minimum atomic E-state index is -0.523. The Morgan fingerprint density at radius 1 is 1.21 bits per heavy atom. The average Bonchev–Trinajstić information content (AvgIpc) is 3.09. The molecule has 0 N–H and O–H groups in total. The SMILES string of the molecule is CCN(C(=O)CC(C#N)c1ccc2c(c1)OCO2)c1ccccc1. The number of anilines is 1. The highest BCUT2D eigenvalue weighted by Crippen LogP contribution is 2.35. The Kier molecular flexibility index (Phi) is 4.66. The molecule has 1 amide bonds. The highest BCUT2D eigenvalue weighted by atomic mass is 16.7. The molecule has 24 heavy (non-hydrogen) atoms. The summed E-state index contributed by atoms with van der Waals surface area (Å²) in [5.74, 6) is 0.689. The van der Waals surface area contributed by atoms with E-state index in [0.717, 1.165) is 11.3 Å². The first-order valence-electron chi connectivity index (χ1n) is 7.87. The summed E-state index contributed by atoms with van der Waals surface area (Å²) in [5, 5.41) is 9.51. The van der Waals surface area contributed by atoms with Gasteiger partial charge in [0.05, 0.1) is 12.0 Å². The van der Waals surface area contributed by atoms with Crippen molar-refractivity contribution in [3.05, 3.63) is 54.1 Å². The maximum atomic E-state index is 12.7. The second-order valence-corrected chi connectivity index (χ2v) is 5.47. The number of rotatable bonds is 5. The van der Waals surface area contributed by atoms with Gasteiger partial charge in [0.15, 0.2) is 11.5 Å². The van der Waals surface area contributed by atoms with Crippen molar-refractivity contribution in [2.24, 2.45) is 0 Å². The summed E-state index contributed by atoms with van der Waals surface area (Å²) >= 11 is 0. The van der Waals surface area contributed by atoms with E-state index in [0.29, 0.717) is 18.0 Å². The molecular weight excluding hydrogens is 304 g/mol. The van der Waals surface area contributed by atoms with Gasteiger partial charge >= 0.3 is 0 Å². The van der Waals surface area contributed by atoms with Gasteiger partial charge in [-0.05, 0) is 36.8 Å². The summed E-state index contributed by atoms with van der Waals surface area (Å²) in [6, 6.07) is 17.1. The molecule has 0 saturated heterocycles. The van der Waals surface area contributed by atoms with Gasteiger partial charge in [0.25, 0.3) is 0 Å². The third-order valence-corrected chi connectivity index (χ3v) is 4.02. The molecule has 5 heteroatoms. The molecule has 0 spiro atoms. The van der Waals surface area contributed by atoms with Crippen LogP contribution in [0.4, 0.5) is 5.69 Å². The maximum absolute atomic E-state index is 12.7. The normalized spacial score (nSPS) is 13.2. The summed E-state index contributed by atoms with van der Waals surface area (Å²) in [6.07, 6.45) is 0.124. The zero-order valence-corrected chi connectivity index (χ0v) is 13.4. The number of amides is 1. The molecule has 1 unspecified atom stereocenters. The molecular formula is C19H18N2O3. The van der Waals surface area contributed by atoms with Crippen LogP contribution in [0.15, 0.2) is 48.5 Å². The molecule has 0 aromatic heterocycles. The fourth-order valence-corrected chi connectivity index (χ4v) is 2.76. The quantitative estimate of drug-likeness (QED) is 0.845. The first-order valence-corrected chi connectivity index (χ1v) is 7.87. The van der Waals surface area contributed by atoms with Crippen molar-refractivity contribution in [1.82, 2.24) is 0 Å². The van der Waals surface area contributed by atoms with Crippen molar-refractivity contribution in [3.8, 4) is 17.6 Å². The molecule has 0 bridgehead atoms. The molecule has 2 aromatic carbocycles. The van der Waals surface area contributed by atoms with Crippen LogP contribution in [0.3, 0.4) is 0 Å².